The number of nitrogens with zero attached hydrogens (tertiary/aromatic N) is 3. The molecule has 0 amide bonds. The summed E-state index contributed by atoms with van der Waals surface area (Å²) in [6.45, 7) is 4.60. The first-order chi connectivity index (χ1) is 14.3. The minimum Gasteiger partial charge on any atom is -0.309 e. The zero-order valence-corrected chi connectivity index (χ0v) is 18.6. The molecule has 0 saturated carbocycles. The molecule has 6 nitrogen and oxygen atoms in total. The maximum atomic E-state index is 13.1. The number of hydrogen-bond acceptors (Lipinski definition) is 5. The van der Waals surface area contributed by atoms with Crippen molar-refractivity contribution in [1.82, 2.24) is 19.5 Å². The van der Waals surface area contributed by atoms with Crippen molar-refractivity contribution in [3.8, 4) is 0 Å². The maximum Gasteiger partial charge on any atom is 0.262 e. The Kier molecular flexibility index (Phi) is 5.86. The molecule has 4 aromatic rings. The van der Waals surface area contributed by atoms with Crippen LogP contribution in [0.3, 0.4) is 0 Å². The van der Waals surface area contributed by atoms with Crippen LogP contribution in [0, 0.1) is 5.92 Å². The van der Waals surface area contributed by atoms with E-state index in [2.05, 4.69) is 15.0 Å². The van der Waals surface area contributed by atoms with Crippen LogP contribution in [-0.2, 0) is 12.3 Å². The highest BCUT2D eigenvalue weighted by Crippen LogP contribution is 2.24. The molecule has 0 fully saturated rings. The monoisotopic (exact) mass is 460 g/mol. The van der Waals surface area contributed by atoms with Gasteiger partial charge in [-0.2, -0.15) is 0 Å². The van der Waals surface area contributed by atoms with Crippen LogP contribution in [0.25, 0.3) is 21.8 Å². The largest absolute Gasteiger partial charge is 0.309 e. The van der Waals surface area contributed by atoms with Crippen molar-refractivity contribution in [2.75, 3.05) is 0 Å². The zero-order chi connectivity index (χ0) is 21.4. The number of H-pyrrole nitrogens is 1. The van der Waals surface area contributed by atoms with Crippen LogP contribution < -0.4 is 11.1 Å². The summed E-state index contributed by atoms with van der Waals surface area (Å²) < 4.78 is 1.66. The molecule has 0 aliphatic heterocycles. The van der Waals surface area contributed by atoms with Gasteiger partial charge in [-0.05, 0) is 42.3 Å². The summed E-state index contributed by atoms with van der Waals surface area (Å²) in [7, 11) is 0. The Bertz CT molecular complexity index is 1380. The van der Waals surface area contributed by atoms with E-state index in [1.165, 1.54) is 11.8 Å². The van der Waals surface area contributed by atoms with E-state index in [0.717, 1.165) is 0 Å². The van der Waals surface area contributed by atoms with Gasteiger partial charge in [0.2, 0.25) is 0 Å². The number of aromatic amines is 1. The van der Waals surface area contributed by atoms with Crippen molar-refractivity contribution in [1.29, 1.82) is 0 Å². The molecule has 30 heavy (non-hydrogen) atoms. The van der Waals surface area contributed by atoms with Gasteiger partial charge in [0.05, 0.1) is 27.6 Å². The van der Waals surface area contributed by atoms with Crippen molar-refractivity contribution >= 4 is 56.8 Å². The first-order valence-electron chi connectivity index (χ1n) is 9.33. The standard InChI is InChI=1S/C21H18Cl2N4O2S/c1-11(2)9-27-20(29)15-8-13(23)4-6-17(15)25-21(27)30-10-18-24-16-5-3-12(22)7-14(16)19(28)26-18/h3-8,11H,9-10H2,1-2H3,(H,24,26,28). The van der Waals surface area contributed by atoms with E-state index in [-0.39, 0.29) is 17.0 Å². The number of fused-ring (bicyclic) bond motifs is 2. The lowest BCUT2D eigenvalue weighted by molar-refractivity contribution is 0.475. The average Bonchev–Trinajstić information content (AvgIpc) is 2.69. The Morgan fingerprint density at radius 3 is 2.30 bits per heavy atom. The van der Waals surface area contributed by atoms with E-state index in [0.29, 0.717) is 55.1 Å². The number of nitrogens with one attached hydrogen (secondary N) is 1. The summed E-state index contributed by atoms with van der Waals surface area (Å²) in [5.41, 5.74) is 0.771. The number of thioether (sulfide) groups is 1. The van der Waals surface area contributed by atoms with Crippen LogP contribution in [0.5, 0.6) is 0 Å². The van der Waals surface area contributed by atoms with Crippen LogP contribution >= 0.6 is 35.0 Å². The lowest BCUT2D eigenvalue weighted by atomic mass is 10.2. The van der Waals surface area contributed by atoms with Crippen LogP contribution in [0.2, 0.25) is 10.0 Å². The Morgan fingerprint density at radius 2 is 1.63 bits per heavy atom. The van der Waals surface area contributed by atoms with E-state index < -0.39 is 0 Å². The second-order valence-corrected chi connectivity index (χ2v) is 9.14. The molecule has 4 rings (SSSR count). The number of aromatic nitrogens is 4. The van der Waals surface area contributed by atoms with Crippen LogP contribution in [0.1, 0.15) is 19.7 Å². The fourth-order valence-electron chi connectivity index (χ4n) is 3.17. The SMILES string of the molecule is CC(C)Cn1c(SCc2nc3ccc(Cl)cc3c(=O)[nH]2)nc2ccc(Cl)cc2c1=O. The molecule has 0 bridgehead atoms. The molecule has 0 unspecified atom stereocenters. The highest BCUT2D eigenvalue weighted by atomic mass is 35.5. The molecule has 2 heterocycles. The molecule has 2 aromatic heterocycles. The van der Waals surface area contributed by atoms with Gasteiger partial charge in [0, 0.05) is 16.6 Å². The molecular formula is C21H18Cl2N4O2S. The summed E-state index contributed by atoms with van der Waals surface area (Å²) in [4.78, 5) is 37.4. The predicted molar refractivity (Wildman–Crippen MR) is 123 cm³/mol. The third-order valence-electron chi connectivity index (χ3n) is 4.48. The third kappa shape index (κ3) is 4.24. The van der Waals surface area contributed by atoms with Crippen LogP contribution in [0.15, 0.2) is 51.1 Å². The zero-order valence-electron chi connectivity index (χ0n) is 16.3. The molecular weight excluding hydrogens is 443 g/mol. The van der Waals surface area contributed by atoms with E-state index >= 15 is 0 Å². The van der Waals surface area contributed by atoms with Gasteiger partial charge in [-0.3, -0.25) is 14.2 Å². The highest BCUT2D eigenvalue weighted by molar-refractivity contribution is 7.98. The summed E-state index contributed by atoms with van der Waals surface area (Å²) >= 11 is 13.4. The molecule has 0 aliphatic rings. The molecule has 2 aromatic carbocycles. The van der Waals surface area contributed by atoms with Crippen molar-refractivity contribution in [2.24, 2.45) is 5.92 Å². The Hall–Kier alpha value is -2.35. The van der Waals surface area contributed by atoms with E-state index in [9.17, 15) is 9.59 Å². The molecule has 1 N–H and O–H groups in total. The van der Waals surface area contributed by atoms with Gasteiger partial charge < -0.3 is 4.98 Å². The molecule has 154 valence electrons. The fourth-order valence-corrected chi connectivity index (χ4v) is 4.39. The smallest absolute Gasteiger partial charge is 0.262 e. The van der Waals surface area contributed by atoms with Crippen molar-refractivity contribution in [3.05, 3.63) is 73.0 Å². The third-order valence-corrected chi connectivity index (χ3v) is 5.94. The van der Waals surface area contributed by atoms with Crippen LogP contribution in [-0.4, -0.2) is 19.5 Å². The van der Waals surface area contributed by atoms with Gasteiger partial charge in [0.15, 0.2) is 5.16 Å². The molecule has 0 spiro atoms. The normalized spacial score (nSPS) is 11.6. The van der Waals surface area contributed by atoms with Crippen LogP contribution in [0.4, 0.5) is 0 Å². The topological polar surface area (TPSA) is 80.6 Å². The summed E-state index contributed by atoms with van der Waals surface area (Å²) in [5, 5.41) is 2.48. The van der Waals surface area contributed by atoms with Gasteiger partial charge in [-0.15, -0.1) is 0 Å². The summed E-state index contributed by atoms with van der Waals surface area (Å²) in [5.74, 6) is 1.11. The Balaban J connectivity index is 1.74. The van der Waals surface area contributed by atoms with Gasteiger partial charge in [-0.25, -0.2) is 9.97 Å². The number of hydrogen-bond donors (Lipinski definition) is 1. The Morgan fingerprint density at radius 1 is 1.00 bits per heavy atom. The van der Waals surface area contributed by atoms with Crippen molar-refractivity contribution in [2.45, 2.75) is 31.3 Å². The lowest BCUT2D eigenvalue weighted by Crippen LogP contribution is -2.25. The van der Waals surface area contributed by atoms with Crippen molar-refractivity contribution < 1.29 is 0 Å². The molecule has 0 radical (unpaired) electrons. The molecule has 9 heteroatoms. The minimum atomic E-state index is -0.251. The second kappa shape index (κ2) is 8.41. The molecule has 0 atom stereocenters. The predicted octanol–water partition coefficient (Wildman–Crippen LogP) is 4.89. The molecule has 0 saturated heterocycles. The first-order valence-corrected chi connectivity index (χ1v) is 11.1. The van der Waals surface area contributed by atoms with Gasteiger partial charge in [-0.1, -0.05) is 48.8 Å². The number of benzene rings is 2. The van der Waals surface area contributed by atoms with Crippen molar-refractivity contribution in [3.63, 3.8) is 0 Å². The second-order valence-electron chi connectivity index (χ2n) is 7.33. The fraction of sp³-hybridized carbons (Fsp3) is 0.238. The maximum absolute atomic E-state index is 13.1. The van der Waals surface area contributed by atoms with Gasteiger partial charge in [0.25, 0.3) is 11.1 Å². The van der Waals surface area contributed by atoms with Gasteiger partial charge >= 0.3 is 0 Å². The Labute approximate surface area is 186 Å². The van der Waals surface area contributed by atoms with Gasteiger partial charge in [0.1, 0.15) is 5.82 Å². The van der Waals surface area contributed by atoms with E-state index in [4.69, 9.17) is 23.2 Å². The number of rotatable bonds is 5. The molecule has 0 aliphatic carbocycles. The summed E-state index contributed by atoms with van der Waals surface area (Å²) in [6, 6.07) is 10.1. The quantitative estimate of drug-likeness (QED) is 0.338. The van der Waals surface area contributed by atoms with E-state index in [1.54, 1.807) is 41.0 Å². The minimum absolute atomic E-state index is 0.131. The lowest BCUT2D eigenvalue weighted by Gasteiger charge is -2.15. The first kappa shape index (κ1) is 20.9. The summed E-state index contributed by atoms with van der Waals surface area (Å²) in [6.07, 6.45) is 0. The highest BCUT2D eigenvalue weighted by Gasteiger charge is 2.14. The number of halogens is 2. The average molecular weight is 461 g/mol. The van der Waals surface area contributed by atoms with E-state index in [1.807, 2.05) is 13.8 Å².